The summed E-state index contributed by atoms with van der Waals surface area (Å²) >= 11 is 3.60. The fourth-order valence-corrected chi connectivity index (χ4v) is 6.82. The Kier molecular flexibility index (Phi) is 8.18. The number of hydrazone groups is 1. The number of hydrogen-bond donors (Lipinski definition) is 0. The number of hydrogen-bond acceptors (Lipinski definition) is 3. The summed E-state index contributed by atoms with van der Waals surface area (Å²) < 4.78 is 28.5. The molecule has 0 radical (unpaired) electrons. The normalized spacial score (nSPS) is 22.6. The van der Waals surface area contributed by atoms with Gasteiger partial charge >= 0.3 is 0 Å². The van der Waals surface area contributed by atoms with Gasteiger partial charge in [0.2, 0.25) is 0 Å². The summed E-state index contributed by atoms with van der Waals surface area (Å²) in [6.07, 6.45) is 6.82. The minimum absolute atomic E-state index is 0.0275. The number of carbonyl (C=O) groups is 1. The molecule has 6 rings (SSSR count). The van der Waals surface area contributed by atoms with Gasteiger partial charge in [-0.1, -0.05) is 52.3 Å². The highest BCUT2D eigenvalue weighted by atomic mass is 79.9. The summed E-state index contributed by atoms with van der Waals surface area (Å²) in [5.41, 5.74) is 6.43. The summed E-state index contributed by atoms with van der Waals surface area (Å²) in [7, 11) is 0. The van der Waals surface area contributed by atoms with Crippen LogP contribution in [0.15, 0.2) is 81.9 Å². The van der Waals surface area contributed by atoms with E-state index in [9.17, 15) is 13.6 Å². The van der Waals surface area contributed by atoms with E-state index in [-0.39, 0.29) is 29.5 Å². The fourth-order valence-electron chi connectivity index (χ4n) is 6.57. The molecule has 2 unspecified atom stereocenters. The Balaban J connectivity index is 1.22. The van der Waals surface area contributed by atoms with E-state index in [0.717, 1.165) is 72.1 Å². The Morgan fingerprint density at radius 3 is 2.29 bits per heavy atom. The number of likely N-dealkylation sites (tertiary alicyclic amines) is 1. The predicted octanol–water partition coefficient (Wildman–Crippen LogP) is 8.04. The van der Waals surface area contributed by atoms with Crippen LogP contribution in [-0.2, 0) is 4.79 Å². The van der Waals surface area contributed by atoms with E-state index in [0.29, 0.717) is 12.5 Å². The molecule has 41 heavy (non-hydrogen) atoms. The van der Waals surface area contributed by atoms with E-state index >= 15 is 0 Å². The van der Waals surface area contributed by atoms with Crippen LogP contribution < -0.4 is 0 Å². The largest absolute Gasteiger partial charge is 0.294 e. The van der Waals surface area contributed by atoms with E-state index in [4.69, 9.17) is 5.10 Å². The highest BCUT2D eigenvalue weighted by Gasteiger charge is 2.44. The van der Waals surface area contributed by atoms with Gasteiger partial charge < -0.3 is 0 Å². The lowest BCUT2D eigenvalue weighted by molar-refractivity contribution is -0.135. The second kappa shape index (κ2) is 12.0. The van der Waals surface area contributed by atoms with Crippen molar-refractivity contribution in [1.29, 1.82) is 0 Å². The minimum Gasteiger partial charge on any atom is -0.294 e. The van der Waals surface area contributed by atoms with E-state index in [2.05, 4.69) is 52.0 Å². The Morgan fingerprint density at radius 2 is 1.61 bits per heavy atom. The van der Waals surface area contributed by atoms with Gasteiger partial charge in [0, 0.05) is 10.4 Å². The molecule has 0 spiro atoms. The zero-order valence-electron chi connectivity index (χ0n) is 23.2. The number of nitrogens with zero attached hydrogens (tertiary/aromatic N) is 3. The van der Waals surface area contributed by atoms with Crippen molar-refractivity contribution in [2.45, 2.75) is 51.0 Å². The minimum atomic E-state index is -0.296. The Bertz CT molecular complexity index is 1480. The maximum Gasteiger partial charge on any atom is 0.257 e. The Labute approximate surface area is 248 Å². The van der Waals surface area contributed by atoms with E-state index < -0.39 is 0 Å². The van der Waals surface area contributed by atoms with Crippen molar-refractivity contribution >= 4 is 33.6 Å². The van der Waals surface area contributed by atoms with Crippen molar-refractivity contribution in [2.75, 3.05) is 19.6 Å². The van der Waals surface area contributed by atoms with Crippen molar-refractivity contribution in [3.63, 3.8) is 0 Å². The maximum atomic E-state index is 13.9. The molecular formula is C34H34BrF2N3O. The second-order valence-corrected chi connectivity index (χ2v) is 12.4. The second-order valence-electron chi connectivity index (χ2n) is 11.5. The zero-order valence-corrected chi connectivity index (χ0v) is 24.8. The third kappa shape index (κ3) is 6.07. The van der Waals surface area contributed by atoms with E-state index in [1.54, 1.807) is 29.3 Å². The topological polar surface area (TPSA) is 35.9 Å². The average Bonchev–Trinajstić information content (AvgIpc) is 3.37. The zero-order chi connectivity index (χ0) is 28.5. The highest BCUT2D eigenvalue weighted by molar-refractivity contribution is 9.10. The van der Waals surface area contributed by atoms with Gasteiger partial charge in [-0.05, 0) is 122 Å². The van der Waals surface area contributed by atoms with Crippen molar-refractivity contribution in [3.8, 4) is 0 Å². The van der Waals surface area contributed by atoms with Crippen LogP contribution in [0.3, 0.4) is 0 Å². The van der Waals surface area contributed by atoms with Gasteiger partial charge in [-0.25, -0.2) is 13.8 Å². The van der Waals surface area contributed by atoms with Crippen LogP contribution in [0, 0.1) is 24.5 Å². The summed E-state index contributed by atoms with van der Waals surface area (Å²) in [5, 5.41) is 6.63. The molecular weight excluding hydrogens is 584 g/mol. The molecule has 2 fully saturated rings. The van der Waals surface area contributed by atoms with Crippen LogP contribution in [0.1, 0.15) is 66.3 Å². The average molecular weight is 619 g/mol. The number of piperidine rings is 1. The van der Waals surface area contributed by atoms with Crippen molar-refractivity contribution in [2.24, 2.45) is 11.0 Å². The molecule has 7 heteroatoms. The first-order valence-corrected chi connectivity index (χ1v) is 15.3. The molecule has 4 nitrogen and oxygen atoms in total. The molecule has 2 atom stereocenters. The molecule has 0 N–H and O–H groups in total. The van der Waals surface area contributed by atoms with Gasteiger partial charge in [0.1, 0.15) is 11.6 Å². The SMILES string of the molecule is Cc1cc(C2CCN(CC(=O)N3N=C4/C(=C\c5ccc(F)cc5)CCCC4C3c3ccc(F)cc3)CC2)ccc1Br. The molecule has 2 heterocycles. The quantitative estimate of drug-likeness (QED) is 0.290. The van der Waals surface area contributed by atoms with Crippen LogP contribution in [0.4, 0.5) is 8.78 Å². The van der Waals surface area contributed by atoms with Crippen molar-refractivity contribution in [3.05, 3.63) is 111 Å². The number of amides is 1. The lowest BCUT2D eigenvalue weighted by atomic mass is 9.77. The van der Waals surface area contributed by atoms with Crippen LogP contribution >= 0.6 is 15.9 Å². The maximum absolute atomic E-state index is 13.9. The third-order valence-corrected chi connectivity index (χ3v) is 9.67. The number of fused-ring (bicyclic) bond motifs is 1. The third-order valence-electron chi connectivity index (χ3n) is 8.78. The lowest BCUT2D eigenvalue weighted by Gasteiger charge is -2.34. The molecule has 1 saturated heterocycles. The number of benzene rings is 3. The number of allylic oxidation sites excluding steroid dienone is 1. The van der Waals surface area contributed by atoms with Gasteiger partial charge in [0.05, 0.1) is 18.3 Å². The van der Waals surface area contributed by atoms with Crippen molar-refractivity contribution in [1.82, 2.24) is 9.91 Å². The van der Waals surface area contributed by atoms with Gasteiger partial charge in [0.15, 0.2) is 0 Å². The molecule has 3 aromatic rings. The van der Waals surface area contributed by atoms with Crippen LogP contribution in [0.5, 0.6) is 0 Å². The van der Waals surface area contributed by atoms with Crippen LogP contribution in [-0.4, -0.2) is 41.2 Å². The first kappa shape index (κ1) is 28.0. The Morgan fingerprint density at radius 1 is 0.951 bits per heavy atom. The molecule has 1 aliphatic carbocycles. The monoisotopic (exact) mass is 617 g/mol. The number of carbonyl (C=O) groups excluding carboxylic acids is 1. The predicted molar refractivity (Wildman–Crippen MR) is 162 cm³/mol. The van der Waals surface area contributed by atoms with Crippen LogP contribution in [0.2, 0.25) is 0 Å². The lowest BCUT2D eigenvalue weighted by Crippen LogP contribution is -2.42. The summed E-state index contributed by atoms with van der Waals surface area (Å²) in [4.78, 5) is 16.1. The molecule has 212 valence electrons. The first-order chi connectivity index (χ1) is 19.9. The van der Waals surface area contributed by atoms with Gasteiger partial charge in [-0.3, -0.25) is 9.69 Å². The molecule has 1 saturated carbocycles. The Hall–Kier alpha value is -3.16. The summed E-state index contributed by atoms with van der Waals surface area (Å²) in [5.74, 6) is -0.0585. The fraction of sp³-hybridized carbons (Fsp3) is 0.353. The van der Waals surface area contributed by atoms with Crippen molar-refractivity contribution < 1.29 is 13.6 Å². The van der Waals surface area contributed by atoms with E-state index in [1.807, 2.05) is 0 Å². The molecule has 0 aromatic heterocycles. The van der Waals surface area contributed by atoms with Gasteiger partial charge in [-0.2, -0.15) is 5.10 Å². The summed E-state index contributed by atoms with van der Waals surface area (Å²) in [6.45, 7) is 4.14. The molecule has 1 amide bonds. The van der Waals surface area contributed by atoms with Crippen LogP contribution in [0.25, 0.3) is 6.08 Å². The smallest absolute Gasteiger partial charge is 0.257 e. The van der Waals surface area contributed by atoms with Gasteiger partial charge in [-0.15, -0.1) is 0 Å². The number of rotatable bonds is 5. The standard InChI is InChI=1S/C34H34BrF2N3O/c1-22-19-26(9-14-31(22)35)24-15-17-39(18-16-24)21-32(41)40-34(25-7-12-29(37)13-8-25)30-4-2-3-27(33(30)38-40)20-23-5-10-28(36)11-6-23/h5-14,19-20,24,30,34H,2-4,15-18,21H2,1H3/b27-20-. The van der Waals surface area contributed by atoms with Gasteiger partial charge in [0.25, 0.3) is 5.91 Å². The molecule has 0 bridgehead atoms. The molecule has 2 aliphatic heterocycles. The molecule has 3 aliphatic rings. The molecule has 3 aromatic carbocycles. The van der Waals surface area contributed by atoms with E-state index in [1.165, 1.54) is 35.4 Å². The first-order valence-electron chi connectivity index (χ1n) is 14.5. The summed E-state index contributed by atoms with van der Waals surface area (Å²) in [6, 6.07) is 19.3. The number of halogens is 3. The highest BCUT2D eigenvalue weighted by Crippen LogP contribution is 2.44. The number of aryl methyl sites for hydroxylation is 1.